The first-order valence-corrected chi connectivity index (χ1v) is 11.2. The van der Waals surface area contributed by atoms with Crippen LogP contribution in [0.3, 0.4) is 0 Å². The molecule has 1 fully saturated rings. The predicted octanol–water partition coefficient (Wildman–Crippen LogP) is 5.59. The average Bonchev–Trinajstić information content (AvgIpc) is 2.51. The fourth-order valence-corrected chi connectivity index (χ4v) is 5.10. The van der Waals surface area contributed by atoms with Crippen molar-refractivity contribution >= 4 is 15.7 Å². The van der Waals surface area contributed by atoms with Crippen molar-refractivity contribution in [2.24, 2.45) is 15.9 Å². The summed E-state index contributed by atoms with van der Waals surface area (Å²) < 4.78 is 25.1. The van der Waals surface area contributed by atoms with Gasteiger partial charge in [-0.3, -0.25) is 0 Å². The van der Waals surface area contributed by atoms with E-state index in [1.165, 1.54) is 5.57 Å². The number of hydrogen-bond donors (Lipinski definition) is 1. The molecule has 0 radical (unpaired) electrons. The van der Waals surface area contributed by atoms with Crippen LogP contribution in [0.15, 0.2) is 45.9 Å². The quantitative estimate of drug-likeness (QED) is 0.508. The van der Waals surface area contributed by atoms with Gasteiger partial charge in [-0.2, -0.15) is 13.5 Å². The second kappa shape index (κ2) is 8.17. The van der Waals surface area contributed by atoms with Crippen LogP contribution in [0.5, 0.6) is 0 Å². The molecule has 0 amide bonds. The summed E-state index contributed by atoms with van der Waals surface area (Å²) in [6.07, 6.45) is 7.21. The van der Waals surface area contributed by atoms with Gasteiger partial charge in [-0.1, -0.05) is 50.1 Å². The van der Waals surface area contributed by atoms with Crippen LogP contribution in [-0.2, 0) is 10.0 Å². The van der Waals surface area contributed by atoms with Crippen molar-refractivity contribution in [2.75, 3.05) is 0 Å². The van der Waals surface area contributed by atoms with E-state index in [9.17, 15) is 8.42 Å². The molecule has 1 aliphatic carbocycles. The molecule has 27 heavy (non-hydrogen) atoms. The molecular weight excluding hydrogens is 356 g/mol. The fraction of sp³-hybridized carbons (Fsp3) is 0.591. The van der Waals surface area contributed by atoms with Crippen LogP contribution >= 0.6 is 0 Å². The Morgan fingerprint density at radius 1 is 1.15 bits per heavy atom. The van der Waals surface area contributed by atoms with Crippen molar-refractivity contribution in [2.45, 2.75) is 78.5 Å². The Balaban J connectivity index is 2.15. The summed E-state index contributed by atoms with van der Waals surface area (Å²) in [6.45, 7) is 13.0. The van der Waals surface area contributed by atoms with Gasteiger partial charge in [0.15, 0.2) is 0 Å². The van der Waals surface area contributed by atoms with E-state index in [1.807, 2.05) is 6.92 Å². The van der Waals surface area contributed by atoms with Gasteiger partial charge in [-0.25, -0.2) is 4.83 Å². The average molecular weight is 391 g/mol. The summed E-state index contributed by atoms with van der Waals surface area (Å²) in [7, 11) is -3.63. The summed E-state index contributed by atoms with van der Waals surface area (Å²) in [6, 6.07) is 6.83. The molecule has 1 N–H and O–H groups in total. The van der Waals surface area contributed by atoms with E-state index < -0.39 is 10.0 Å². The number of aryl methyl sites for hydroxylation is 1. The van der Waals surface area contributed by atoms with Crippen molar-refractivity contribution in [3.63, 3.8) is 0 Å². The Hall–Kier alpha value is -1.62. The molecule has 0 spiro atoms. The minimum Gasteiger partial charge on any atom is -0.200 e. The smallest absolute Gasteiger partial charge is 0.200 e. The zero-order valence-electron chi connectivity index (χ0n) is 17.6. The number of benzene rings is 1. The van der Waals surface area contributed by atoms with E-state index in [0.29, 0.717) is 0 Å². The summed E-state index contributed by atoms with van der Waals surface area (Å²) in [4.78, 5) is 2.71. The van der Waals surface area contributed by atoms with E-state index in [2.05, 4.69) is 50.6 Å². The molecule has 1 aromatic rings. The molecule has 0 aromatic heterocycles. The molecule has 1 aromatic carbocycles. The highest BCUT2D eigenvalue weighted by Gasteiger charge is 2.39. The van der Waals surface area contributed by atoms with Gasteiger partial charge in [0.05, 0.1) is 4.90 Å². The molecule has 4 nitrogen and oxygen atoms in total. The zero-order chi connectivity index (χ0) is 20.3. The number of nitrogens with zero attached hydrogens (tertiary/aromatic N) is 1. The third-order valence-electron chi connectivity index (χ3n) is 5.17. The van der Waals surface area contributed by atoms with Gasteiger partial charge in [0, 0.05) is 5.71 Å². The van der Waals surface area contributed by atoms with Crippen LogP contribution < -0.4 is 4.83 Å². The fourth-order valence-electron chi connectivity index (χ4n) is 4.25. The third-order valence-corrected chi connectivity index (χ3v) is 6.40. The Morgan fingerprint density at radius 3 is 2.37 bits per heavy atom. The highest BCUT2D eigenvalue weighted by Crippen LogP contribution is 2.47. The van der Waals surface area contributed by atoms with E-state index in [1.54, 1.807) is 24.3 Å². The third kappa shape index (κ3) is 6.49. The number of allylic oxidation sites excluding steroid dienone is 2. The maximum Gasteiger partial charge on any atom is 0.276 e. The summed E-state index contributed by atoms with van der Waals surface area (Å²) in [5, 5.41) is 4.35. The first-order chi connectivity index (χ1) is 12.4. The Labute approximate surface area is 165 Å². The maximum atomic E-state index is 12.5. The molecule has 0 unspecified atom stereocenters. The topological polar surface area (TPSA) is 58.5 Å². The summed E-state index contributed by atoms with van der Waals surface area (Å²) in [5.74, 6) is 0. The van der Waals surface area contributed by atoms with E-state index in [4.69, 9.17) is 0 Å². The SMILES string of the molecule is CC(C)=CCC[C@@]1(C)C/C(=N/NS(=O)(=O)c2ccc(C)cc2)CC(C)(C)C1. The highest BCUT2D eigenvalue weighted by molar-refractivity contribution is 7.89. The minimum absolute atomic E-state index is 0.117. The second-order valence-electron chi connectivity index (χ2n) is 9.41. The summed E-state index contributed by atoms with van der Waals surface area (Å²) in [5.41, 5.74) is 3.57. The van der Waals surface area contributed by atoms with Gasteiger partial charge in [0.2, 0.25) is 0 Å². The van der Waals surface area contributed by atoms with Gasteiger partial charge < -0.3 is 0 Å². The molecule has 2 rings (SSSR count). The van der Waals surface area contributed by atoms with Gasteiger partial charge in [-0.15, -0.1) is 0 Å². The van der Waals surface area contributed by atoms with Crippen LogP contribution in [0.4, 0.5) is 0 Å². The van der Waals surface area contributed by atoms with Crippen LogP contribution in [0.2, 0.25) is 0 Å². The lowest BCUT2D eigenvalue weighted by molar-refractivity contribution is 0.152. The van der Waals surface area contributed by atoms with Gasteiger partial charge >= 0.3 is 0 Å². The van der Waals surface area contributed by atoms with Crippen molar-refractivity contribution in [3.05, 3.63) is 41.5 Å². The molecule has 150 valence electrons. The van der Waals surface area contributed by atoms with Crippen LogP contribution in [0, 0.1) is 17.8 Å². The molecule has 1 atom stereocenters. The van der Waals surface area contributed by atoms with Crippen LogP contribution in [0.25, 0.3) is 0 Å². The molecule has 0 heterocycles. The van der Waals surface area contributed by atoms with Gasteiger partial charge in [0.25, 0.3) is 10.0 Å². The molecule has 1 saturated carbocycles. The van der Waals surface area contributed by atoms with E-state index >= 15 is 0 Å². The first-order valence-electron chi connectivity index (χ1n) is 9.68. The van der Waals surface area contributed by atoms with Crippen molar-refractivity contribution in [1.82, 2.24) is 4.83 Å². The van der Waals surface area contributed by atoms with E-state index in [0.717, 1.165) is 43.4 Å². The lowest BCUT2D eigenvalue weighted by Gasteiger charge is -2.43. The number of rotatable bonds is 6. The minimum atomic E-state index is -3.63. The standard InChI is InChI=1S/C22H34N2O2S/c1-17(2)8-7-13-22(6)15-19(14-21(4,5)16-22)23-24-27(25,26)20-11-9-18(3)10-12-20/h8-12,24H,7,13-16H2,1-6H3/b23-19+/t22-/m0/s1. The molecule has 0 bridgehead atoms. The Bertz CT molecular complexity index is 816. The maximum absolute atomic E-state index is 12.5. The monoisotopic (exact) mass is 390 g/mol. The number of hydrogen-bond acceptors (Lipinski definition) is 3. The van der Waals surface area contributed by atoms with Crippen LogP contribution in [-0.4, -0.2) is 14.1 Å². The lowest BCUT2D eigenvalue weighted by Crippen LogP contribution is -2.37. The predicted molar refractivity (Wildman–Crippen MR) is 113 cm³/mol. The number of sulfonamides is 1. The number of nitrogens with one attached hydrogen (secondary N) is 1. The summed E-state index contributed by atoms with van der Waals surface area (Å²) >= 11 is 0. The van der Waals surface area contributed by atoms with Crippen molar-refractivity contribution in [1.29, 1.82) is 0 Å². The Morgan fingerprint density at radius 2 is 1.78 bits per heavy atom. The van der Waals surface area contributed by atoms with Crippen molar-refractivity contribution in [3.8, 4) is 0 Å². The molecule has 0 saturated heterocycles. The van der Waals surface area contributed by atoms with Crippen LogP contribution in [0.1, 0.15) is 72.3 Å². The molecule has 0 aliphatic heterocycles. The molecular formula is C22H34N2O2S. The highest BCUT2D eigenvalue weighted by atomic mass is 32.2. The van der Waals surface area contributed by atoms with Crippen molar-refractivity contribution < 1.29 is 8.42 Å². The second-order valence-corrected chi connectivity index (χ2v) is 11.1. The lowest BCUT2D eigenvalue weighted by atomic mass is 9.62. The van der Waals surface area contributed by atoms with E-state index in [-0.39, 0.29) is 15.7 Å². The normalized spacial score (nSPS) is 23.9. The van der Waals surface area contributed by atoms with Gasteiger partial charge in [-0.05, 0) is 75.8 Å². The van der Waals surface area contributed by atoms with Gasteiger partial charge in [0.1, 0.15) is 0 Å². The first kappa shape index (κ1) is 21.7. The Kier molecular flexibility index (Phi) is 6.56. The molecule has 1 aliphatic rings. The largest absolute Gasteiger partial charge is 0.276 e. The zero-order valence-corrected chi connectivity index (χ0v) is 18.4. The number of hydrazone groups is 1. The molecule has 5 heteroatoms.